The van der Waals surface area contributed by atoms with Crippen molar-refractivity contribution in [3.05, 3.63) is 112 Å². The number of alkyl halides is 3. The predicted octanol–water partition coefficient (Wildman–Crippen LogP) is 7.06. The minimum Gasteiger partial charge on any atom is -0.325 e. The molecule has 4 rings (SSSR count). The van der Waals surface area contributed by atoms with Gasteiger partial charge in [-0.15, -0.1) is 0 Å². The highest BCUT2D eigenvalue weighted by Crippen LogP contribution is 2.36. The minimum atomic E-state index is -4.79. The molecule has 0 fully saturated rings. The van der Waals surface area contributed by atoms with E-state index < -0.39 is 49.3 Å². The molecule has 1 amide bonds. The Morgan fingerprint density at radius 2 is 1.47 bits per heavy atom. The van der Waals surface area contributed by atoms with Crippen molar-refractivity contribution in [2.24, 2.45) is 0 Å². The van der Waals surface area contributed by atoms with Crippen molar-refractivity contribution in [2.75, 3.05) is 20.9 Å². The molecule has 0 aliphatic heterocycles. The molecule has 226 valence electrons. The Balaban J connectivity index is 1.52. The molecule has 0 aliphatic rings. The molecule has 4 aromatic carbocycles. The minimum absolute atomic E-state index is 0.0176. The smallest absolute Gasteiger partial charge is 0.325 e. The number of halogens is 5. The first-order valence-electron chi connectivity index (χ1n) is 12.2. The fourth-order valence-corrected chi connectivity index (χ4v) is 6.93. The van der Waals surface area contributed by atoms with Crippen LogP contribution >= 0.6 is 27.5 Å². The SMILES string of the molecule is Cc1ccc(S(=O)(=O)N(CC(=O)Nc2ccc(S(=O)(=O)Nc3ccc(Cl)c(C(F)(F)F)c3)cc2)c2cccc(Br)c2)cc1. The number of nitrogens with zero attached hydrogens (tertiary/aromatic N) is 1. The van der Waals surface area contributed by atoms with Gasteiger partial charge in [0, 0.05) is 15.8 Å². The highest BCUT2D eigenvalue weighted by Gasteiger charge is 2.34. The zero-order valence-electron chi connectivity index (χ0n) is 22.1. The molecule has 0 aromatic heterocycles. The number of hydrogen-bond donors (Lipinski definition) is 2. The quantitative estimate of drug-likeness (QED) is 0.193. The van der Waals surface area contributed by atoms with Crippen LogP contribution in [0.25, 0.3) is 0 Å². The molecule has 0 radical (unpaired) electrons. The third-order valence-corrected chi connectivity index (χ3v) is 9.97. The summed E-state index contributed by atoms with van der Waals surface area (Å²) in [4.78, 5) is 12.7. The van der Waals surface area contributed by atoms with Gasteiger partial charge in [-0.1, -0.05) is 51.3 Å². The molecular weight excluding hydrogens is 695 g/mol. The third kappa shape index (κ3) is 7.88. The molecule has 0 saturated heterocycles. The Morgan fingerprint density at radius 1 is 0.860 bits per heavy atom. The van der Waals surface area contributed by atoms with Gasteiger partial charge >= 0.3 is 6.18 Å². The number of amides is 1. The maximum absolute atomic E-state index is 13.5. The van der Waals surface area contributed by atoms with Gasteiger partial charge in [0.05, 0.1) is 26.1 Å². The second-order valence-corrected chi connectivity index (χ2v) is 14.0. The summed E-state index contributed by atoms with van der Waals surface area (Å²) in [6, 6.07) is 19.9. The molecule has 2 N–H and O–H groups in total. The van der Waals surface area contributed by atoms with Gasteiger partial charge in [-0.3, -0.25) is 13.8 Å². The van der Waals surface area contributed by atoms with E-state index in [2.05, 4.69) is 26.0 Å². The zero-order chi connectivity index (χ0) is 31.6. The summed E-state index contributed by atoms with van der Waals surface area (Å²) in [7, 11) is -8.47. The Bertz CT molecular complexity index is 1870. The number of rotatable bonds is 9. The van der Waals surface area contributed by atoms with E-state index in [0.717, 1.165) is 34.1 Å². The molecule has 0 spiro atoms. The van der Waals surface area contributed by atoms with Gasteiger partial charge in [0.15, 0.2) is 0 Å². The summed E-state index contributed by atoms with van der Waals surface area (Å²) in [5, 5.41) is 1.95. The summed E-state index contributed by atoms with van der Waals surface area (Å²) in [6.07, 6.45) is -4.79. The lowest BCUT2D eigenvalue weighted by atomic mass is 10.2. The molecule has 0 heterocycles. The average Bonchev–Trinajstić information content (AvgIpc) is 2.92. The fourth-order valence-electron chi connectivity index (χ4n) is 3.85. The van der Waals surface area contributed by atoms with Crippen LogP contribution in [0.15, 0.2) is 105 Å². The molecular formula is C28H22BrClF3N3O5S2. The lowest BCUT2D eigenvalue weighted by Crippen LogP contribution is -2.38. The number of nitrogens with one attached hydrogen (secondary N) is 2. The van der Waals surface area contributed by atoms with E-state index in [1.165, 1.54) is 30.3 Å². The van der Waals surface area contributed by atoms with Crippen molar-refractivity contribution in [3.63, 3.8) is 0 Å². The lowest BCUT2D eigenvalue weighted by molar-refractivity contribution is -0.137. The standard InChI is InChI=1S/C28H22BrClF3N3O5S2/c1-18-5-10-24(11-6-18)43(40,41)36(22-4-2-3-19(29)15-22)17-27(37)34-20-7-12-23(13-8-20)42(38,39)35-21-9-14-26(30)25(16-21)28(31,32)33/h2-16,35H,17H2,1H3,(H,34,37). The molecule has 4 aromatic rings. The number of hydrogen-bond acceptors (Lipinski definition) is 5. The summed E-state index contributed by atoms with van der Waals surface area (Å²) < 4.78 is 95.7. The van der Waals surface area contributed by atoms with Crippen molar-refractivity contribution in [1.82, 2.24) is 0 Å². The van der Waals surface area contributed by atoms with E-state index in [9.17, 15) is 34.8 Å². The summed E-state index contributed by atoms with van der Waals surface area (Å²) in [5.74, 6) is -0.717. The average molecular weight is 717 g/mol. The molecule has 0 saturated carbocycles. The Kier molecular flexibility index (Phi) is 9.45. The first kappa shape index (κ1) is 32.3. The highest BCUT2D eigenvalue weighted by atomic mass is 79.9. The van der Waals surface area contributed by atoms with E-state index in [-0.39, 0.29) is 26.9 Å². The lowest BCUT2D eigenvalue weighted by Gasteiger charge is -2.24. The molecule has 15 heteroatoms. The largest absolute Gasteiger partial charge is 0.417 e. The van der Waals surface area contributed by atoms with Crippen molar-refractivity contribution in [2.45, 2.75) is 22.9 Å². The third-order valence-electron chi connectivity index (χ3n) is 5.96. The van der Waals surface area contributed by atoms with Gasteiger partial charge in [0.1, 0.15) is 6.54 Å². The van der Waals surface area contributed by atoms with Crippen LogP contribution in [0.2, 0.25) is 5.02 Å². The van der Waals surface area contributed by atoms with Crippen molar-refractivity contribution >= 4 is 70.5 Å². The van der Waals surface area contributed by atoms with Crippen molar-refractivity contribution < 1.29 is 34.8 Å². The fraction of sp³-hybridized carbons (Fsp3) is 0.107. The number of carbonyl (C=O) groups is 1. The first-order valence-corrected chi connectivity index (χ1v) is 16.3. The van der Waals surface area contributed by atoms with E-state index >= 15 is 0 Å². The van der Waals surface area contributed by atoms with Crippen LogP contribution in [0.4, 0.5) is 30.2 Å². The number of benzene rings is 4. The van der Waals surface area contributed by atoms with Gasteiger partial charge in [0.2, 0.25) is 5.91 Å². The second kappa shape index (κ2) is 12.6. The number of aryl methyl sites for hydroxylation is 1. The summed E-state index contributed by atoms with van der Waals surface area (Å²) in [6.45, 7) is 1.20. The molecule has 8 nitrogen and oxygen atoms in total. The van der Waals surface area contributed by atoms with Crippen LogP contribution in [0.1, 0.15) is 11.1 Å². The maximum atomic E-state index is 13.5. The Morgan fingerprint density at radius 3 is 2.07 bits per heavy atom. The van der Waals surface area contributed by atoms with Crippen LogP contribution in [-0.2, 0) is 31.0 Å². The number of sulfonamides is 2. The summed E-state index contributed by atoms with van der Waals surface area (Å²) >= 11 is 8.90. The van der Waals surface area contributed by atoms with Gasteiger partial charge in [-0.05, 0) is 79.7 Å². The Hall–Kier alpha value is -3.59. The highest BCUT2D eigenvalue weighted by molar-refractivity contribution is 9.10. The predicted molar refractivity (Wildman–Crippen MR) is 162 cm³/mol. The Labute approximate surface area is 259 Å². The number of carbonyl (C=O) groups excluding carboxylic acids is 1. The van der Waals surface area contributed by atoms with Gasteiger partial charge < -0.3 is 5.32 Å². The topological polar surface area (TPSA) is 113 Å². The van der Waals surface area contributed by atoms with Crippen LogP contribution in [0.3, 0.4) is 0 Å². The van der Waals surface area contributed by atoms with E-state index in [4.69, 9.17) is 11.6 Å². The molecule has 0 aliphatic carbocycles. The molecule has 43 heavy (non-hydrogen) atoms. The van der Waals surface area contributed by atoms with Crippen LogP contribution in [0, 0.1) is 6.92 Å². The van der Waals surface area contributed by atoms with Crippen LogP contribution < -0.4 is 14.3 Å². The normalized spacial score (nSPS) is 12.0. The zero-order valence-corrected chi connectivity index (χ0v) is 26.0. The number of anilines is 3. The monoisotopic (exact) mass is 715 g/mol. The van der Waals surface area contributed by atoms with Crippen LogP contribution in [-0.4, -0.2) is 29.3 Å². The second-order valence-electron chi connectivity index (χ2n) is 9.18. The van der Waals surface area contributed by atoms with Crippen LogP contribution in [0.5, 0.6) is 0 Å². The van der Waals surface area contributed by atoms with E-state index in [1.54, 1.807) is 30.3 Å². The van der Waals surface area contributed by atoms with Crippen molar-refractivity contribution in [1.29, 1.82) is 0 Å². The van der Waals surface area contributed by atoms with E-state index in [1.807, 2.05) is 6.92 Å². The maximum Gasteiger partial charge on any atom is 0.417 e. The van der Waals surface area contributed by atoms with Crippen molar-refractivity contribution in [3.8, 4) is 0 Å². The molecule has 0 unspecified atom stereocenters. The molecule has 0 atom stereocenters. The first-order chi connectivity index (χ1) is 20.1. The summed E-state index contributed by atoms with van der Waals surface area (Å²) in [5.41, 5.74) is -0.318. The van der Waals surface area contributed by atoms with E-state index in [0.29, 0.717) is 10.5 Å². The van der Waals surface area contributed by atoms with Gasteiger partial charge in [-0.25, -0.2) is 16.8 Å². The molecule has 0 bridgehead atoms. The van der Waals surface area contributed by atoms with Gasteiger partial charge in [-0.2, -0.15) is 13.2 Å². The van der Waals surface area contributed by atoms with Gasteiger partial charge in [0.25, 0.3) is 20.0 Å².